The third kappa shape index (κ3) is 3.73. The predicted octanol–water partition coefficient (Wildman–Crippen LogP) is 6.34. The summed E-state index contributed by atoms with van der Waals surface area (Å²) < 4.78 is 0. The first kappa shape index (κ1) is 15.1. The van der Waals surface area contributed by atoms with Crippen molar-refractivity contribution >= 4 is 0 Å². The van der Waals surface area contributed by atoms with E-state index >= 15 is 0 Å². The molecule has 0 saturated heterocycles. The first-order valence-corrected chi connectivity index (χ1v) is 8.08. The Hall–Kier alpha value is 0. The highest BCUT2D eigenvalue weighted by Gasteiger charge is 2.42. The molecule has 1 aliphatic rings. The van der Waals surface area contributed by atoms with Gasteiger partial charge in [0.25, 0.3) is 0 Å². The molecule has 1 atom stereocenters. The van der Waals surface area contributed by atoms with Crippen LogP contribution >= 0.6 is 0 Å². The van der Waals surface area contributed by atoms with Gasteiger partial charge >= 0.3 is 0 Å². The lowest BCUT2D eigenvalue weighted by Crippen LogP contribution is -2.37. The lowest BCUT2D eigenvalue weighted by molar-refractivity contribution is 0.0350. The van der Waals surface area contributed by atoms with Crippen molar-refractivity contribution in [3.05, 3.63) is 0 Å². The van der Waals surface area contributed by atoms with E-state index in [9.17, 15) is 0 Å². The Morgan fingerprint density at radius 2 is 1.53 bits per heavy atom. The first-order chi connectivity index (χ1) is 8.08. The van der Waals surface area contributed by atoms with Crippen LogP contribution in [0.25, 0.3) is 0 Å². The predicted molar refractivity (Wildman–Crippen MR) is 78.3 cm³/mol. The summed E-state index contributed by atoms with van der Waals surface area (Å²) in [5, 5.41) is 0. The molecule has 1 aliphatic carbocycles. The summed E-state index contributed by atoms with van der Waals surface area (Å²) in [6.45, 7) is 9.90. The van der Waals surface area contributed by atoms with Crippen molar-refractivity contribution in [3.63, 3.8) is 0 Å². The van der Waals surface area contributed by atoms with Gasteiger partial charge in [0.1, 0.15) is 0 Å². The second-order valence-electron chi connectivity index (χ2n) is 6.85. The van der Waals surface area contributed by atoms with E-state index < -0.39 is 0 Å². The molecule has 0 nitrogen and oxygen atoms in total. The van der Waals surface area contributed by atoms with Crippen LogP contribution in [-0.2, 0) is 0 Å². The van der Waals surface area contributed by atoms with E-state index in [0.29, 0.717) is 10.8 Å². The number of rotatable bonds is 6. The standard InChI is InChI=1S/C17H34/c1-5-7-10-13-16(3,6-2)17(4)14-11-8-9-12-15-17/h5-15H2,1-4H3. The zero-order chi connectivity index (χ0) is 12.8. The Labute approximate surface area is 110 Å². The summed E-state index contributed by atoms with van der Waals surface area (Å²) in [5.74, 6) is 0. The smallest absolute Gasteiger partial charge is 0.0272 e. The van der Waals surface area contributed by atoms with E-state index in [0.717, 1.165) is 0 Å². The molecule has 1 unspecified atom stereocenters. The Bertz CT molecular complexity index is 198. The lowest BCUT2D eigenvalue weighted by atomic mass is 9.58. The summed E-state index contributed by atoms with van der Waals surface area (Å²) in [4.78, 5) is 0. The van der Waals surface area contributed by atoms with Gasteiger partial charge in [-0.25, -0.2) is 0 Å². The summed E-state index contributed by atoms with van der Waals surface area (Å²) >= 11 is 0. The highest BCUT2D eigenvalue weighted by atomic mass is 14.5. The van der Waals surface area contributed by atoms with Crippen LogP contribution < -0.4 is 0 Å². The highest BCUT2D eigenvalue weighted by Crippen LogP contribution is 2.53. The van der Waals surface area contributed by atoms with Crippen molar-refractivity contribution in [3.8, 4) is 0 Å². The molecule has 0 heteroatoms. The normalized spacial score (nSPS) is 24.0. The maximum absolute atomic E-state index is 2.59. The second-order valence-corrected chi connectivity index (χ2v) is 6.85. The number of hydrogen-bond acceptors (Lipinski definition) is 0. The minimum absolute atomic E-state index is 0.590. The topological polar surface area (TPSA) is 0 Å². The van der Waals surface area contributed by atoms with Crippen LogP contribution in [0.5, 0.6) is 0 Å². The maximum Gasteiger partial charge on any atom is -0.0272 e. The van der Waals surface area contributed by atoms with Gasteiger partial charge in [-0.1, -0.05) is 79.1 Å². The van der Waals surface area contributed by atoms with Crippen molar-refractivity contribution in [1.29, 1.82) is 0 Å². The van der Waals surface area contributed by atoms with Crippen LogP contribution in [0.4, 0.5) is 0 Å². The van der Waals surface area contributed by atoms with E-state index in [1.807, 2.05) is 0 Å². The molecule has 17 heavy (non-hydrogen) atoms. The molecular formula is C17H34. The Morgan fingerprint density at radius 3 is 2.00 bits per heavy atom. The van der Waals surface area contributed by atoms with Crippen molar-refractivity contribution in [2.75, 3.05) is 0 Å². The molecule has 0 N–H and O–H groups in total. The fourth-order valence-corrected chi connectivity index (χ4v) is 3.78. The molecule has 102 valence electrons. The molecule has 0 bridgehead atoms. The first-order valence-electron chi connectivity index (χ1n) is 8.08. The minimum atomic E-state index is 0.590. The molecule has 0 aliphatic heterocycles. The Morgan fingerprint density at radius 1 is 0.941 bits per heavy atom. The van der Waals surface area contributed by atoms with Crippen LogP contribution in [0.15, 0.2) is 0 Å². The van der Waals surface area contributed by atoms with Crippen LogP contribution in [0.3, 0.4) is 0 Å². The van der Waals surface area contributed by atoms with E-state index in [2.05, 4.69) is 27.7 Å². The van der Waals surface area contributed by atoms with E-state index in [1.54, 1.807) is 0 Å². The Kier molecular flexibility index (Phi) is 6.03. The zero-order valence-electron chi connectivity index (χ0n) is 12.8. The highest BCUT2D eigenvalue weighted by molar-refractivity contribution is 4.92. The van der Waals surface area contributed by atoms with Gasteiger partial charge < -0.3 is 0 Å². The summed E-state index contributed by atoms with van der Waals surface area (Å²) in [6.07, 6.45) is 15.9. The fourth-order valence-electron chi connectivity index (χ4n) is 3.78. The zero-order valence-corrected chi connectivity index (χ0v) is 12.8. The molecule has 0 heterocycles. The van der Waals surface area contributed by atoms with Crippen molar-refractivity contribution < 1.29 is 0 Å². The van der Waals surface area contributed by atoms with Crippen molar-refractivity contribution in [2.24, 2.45) is 10.8 Å². The summed E-state index contributed by atoms with van der Waals surface area (Å²) in [6, 6.07) is 0. The summed E-state index contributed by atoms with van der Waals surface area (Å²) in [5.41, 5.74) is 1.21. The van der Waals surface area contributed by atoms with E-state index in [4.69, 9.17) is 0 Å². The minimum Gasteiger partial charge on any atom is -0.0654 e. The fraction of sp³-hybridized carbons (Fsp3) is 1.00. The van der Waals surface area contributed by atoms with Crippen molar-refractivity contribution in [1.82, 2.24) is 0 Å². The third-order valence-electron chi connectivity index (χ3n) is 5.78. The van der Waals surface area contributed by atoms with E-state index in [1.165, 1.54) is 70.6 Å². The number of hydrogen-bond donors (Lipinski definition) is 0. The van der Waals surface area contributed by atoms with Gasteiger partial charge in [-0.15, -0.1) is 0 Å². The van der Waals surface area contributed by atoms with Crippen LogP contribution in [-0.4, -0.2) is 0 Å². The third-order valence-corrected chi connectivity index (χ3v) is 5.78. The molecule has 0 aromatic carbocycles. The largest absolute Gasteiger partial charge is 0.0654 e. The van der Waals surface area contributed by atoms with Gasteiger partial charge in [0.2, 0.25) is 0 Å². The molecule has 1 fully saturated rings. The average Bonchev–Trinajstić information content (AvgIpc) is 2.55. The molecule has 0 amide bonds. The molecular weight excluding hydrogens is 204 g/mol. The van der Waals surface area contributed by atoms with Gasteiger partial charge in [-0.05, 0) is 30.1 Å². The van der Waals surface area contributed by atoms with Gasteiger partial charge in [0.15, 0.2) is 0 Å². The number of unbranched alkanes of at least 4 members (excludes halogenated alkanes) is 2. The van der Waals surface area contributed by atoms with Crippen molar-refractivity contribution in [2.45, 2.75) is 98.3 Å². The molecule has 0 spiro atoms. The van der Waals surface area contributed by atoms with Gasteiger partial charge in [-0.2, -0.15) is 0 Å². The second kappa shape index (κ2) is 6.81. The molecule has 1 rings (SSSR count). The maximum atomic E-state index is 2.59. The molecule has 0 radical (unpaired) electrons. The quantitative estimate of drug-likeness (QED) is 0.374. The van der Waals surface area contributed by atoms with Gasteiger partial charge in [0.05, 0.1) is 0 Å². The lowest BCUT2D eigenvalue weighted by Gasteiger charge is -2.47. The monoisotopic (exact) mass is 238 g/mol. The SMILES string of the molecule is CCCCCC(C)(CC)C1(C)CCCCCC1. The van der Waals surface area contributed by atoms with E-state index in [-0.39, 0.29) is 0 Å². The van der Waals surface area contributed by atoms with Crippen LogP contribution in [0.1, 0.15) is 98.3 Å². The average molecular weight is 238 g/mol. The van der Waals surface area contributed by atoms with Gasteiger partial charge in [-0.3, -0.25) is 0 Å². The molecule has 0 aromatic rings. The molecule has 1 saturated carbocycles. The summed E-state index contributed by atoms with van der Waals surface area (Å²) in [7, 11) is 0. The Balaban J connectivity index is 2.66. The van der Waals surface area contributed by atoms with Crippen LogP contribution in [0, 0.1) is 10.8 Å². The molecule has 0 aromatic heterocycles. The van der Waals surface area contributed by atoms with Gasteiger partial charge in [0, 0.05) is 0 Å². The van der Waals surface area contributed by atoms with Crippen LogP contribution in [0.2, 0.25) is 0 Å².